The Labute approximate surface area is 159 Å². The first-order valence-corrected chi connectivity index (χ1v) is 8.32. The zero-order valence-electron chi connectivity index (χ0n) is 14.6. The van der Waals surface area contributed by atoms with Crippen LogP contribution in [-0.2, 0) is 4.79 Å². The highest BCUT2D eigenvalue weighted by atomic mass is 19.1. The van der Waals surface area contributed by atoms with Crippen LogP contribution in [0.2, 0.25) is 0 Å². The van der Waals surface area contributed by atoms with E-state index in [0.717, 1.165) is 12.1 Å². The van der Waals surface area contributed by atoms with Crippen LogP contribution in [0.4, 0.5) is 21.5 Å². The molecular weight excluding hydrogens is 365 g/mol. The fourth-order valence-electron chi connectivity index (χ4n) is 2.41. The van der Waals surface area contributed by atoms with Crippen molar-refractivity contribution in [3.8, 4) is 11.5 Å². The van der Waals surface area contributed by atoms with E-state index < -0.39 is 22.3 Å². The minimum absolute atomic E-state index is 0.164. The van der Waals surface area contributed by atoms with Gasteiger partial charge in [-0.25, -0.2) is 0 Å². The van der Waals surface area contributed by atoms with Crippen molar-refractivity contribution < 1.29 is 18.8 Å². The monoisotopic (exact) mass is 381 g/mol. The van der Waals surface area contributed by atoms with Crippen molar-refractivity contribution in [3.63, 3.8) is 0 Å². The molecule has 0 radical (unpaired) electrons. The van der Waals surface area contributed by atoms with Crippen molar-refractivity contribution in [2.45, 2.75) is 0 Å². The summed E-state index contributed by atoms with van der Waals surface area (Å²) in [4.78, 5) is 22.2. The van der Waals surface area contributed by atoms with Gasteiger partial charge in [-0.15, -0.1) is 0 Å². The third-order valence-corrected chi connectivity index (χ3v) is 3.73. The lowest BCUT2D eigenvalue weighted by Crippen LogP contribution is -2.22. The van der Waals surface area contributed by atoms with Crippen LogP contribution in [0.15, 0.2) is 72.8 Å². The molecule has 0 atom stereocenters. The summed E-state index contributed by atoms with van der Waals surface area (Å²) < 4.78 is 19.1. The summed E-state index contributed by atoms with van der Waals surface area (Å²) in [5, 5.41) is 16.2. The molecule has 0 aliphatic carbocycles. The molecule has 0 aromatic heterocycles. The molecule has 3 aromatic rings. The van der Waals surface area contributed by atoms with Crippen LogP contribution in [0.5, 0.6) is 11.5 Å². The van der Waals surface area contributed by atoms with E-state index in [2.05, 4.69) is 10.6 Å². The minimum atomic E-state index is -0.938. The van der Waals surface area contributed by atoms with Crippen molar-refractivity contribution in [1.29, 1.82) is 0 Å². The molecule has 0 aliphatic rings. The maximum Gasteiger partial charge on any atom is 0.306 e. The Bertz CT molecular complexity index is 996. The summed E-state index contributed by atoms with van der Waals surface area (Å²) in [5.41, 5.74) is 0.0762. The number of nitrogens with zero attached hydrogens (tertiary/aromatic N) is 1. The number of ether oxygens (including phenoxy) is 1. The molecule has 0 saturated heterocycles. The largest absolute Gasteiger partial charge is 0.455 e. The standard InChI is InChI=1S/C20H16FN3O4/c21-16-11-10-14(12-18(16)24(26)27)22-13-20(25)23-17-8-4-5-9-19(17)28-15-6-2-1-3-7-15/h1-12,22H,13H2,(H,23,25). The smallest absolute Gasteiger partial charge is 0.306 e. The van der Waals surface area contributed by atoms with Crippen LogP contribution in [0.25, 0.3) is 0 Å². The lowest BCUT2D eigenvalue weighted by molar-refractivity contribution is -0.387. The molecule has 3 aromatic carbocycles. The van der Waals surface area contributed by atoms with E-state index in [1.54, 1.807) is 36.4 Å². The van der Waals surface area contributed by atoms with E-state index in [9.17, 15) is 19.3 Å². The highest BCUT2D eigenvalue weighted by molar-refractivity contribution is 5.95. The molecule has 2 N–H and O–H groups in total. The van der Waals surface area contributed by atoms with Gasteiger partial charge >= 0.3 is 5.69 Å². The molecule has 8 heteroatoms. The molecule has 3 rings (SSSR count). The predicted molar refractivity (Wildman–Crippen MR) is 103 cm³/mol. The van der Waals surface area contributed by atoms with Crippen LogP contribution < -0.4 is 15.4 Å². The van der Waals surface area contributed by atoms with Gasteiger partial charge in [0.05, 0.1) is 17.2 Å². The van der Waals surface area contributed by atoms with Gasteiger partial charge in [0.1, 0.15) is 5.75 Å². The highest BCUT2D eigenvalue weighted by Gasteiger charge is 2.15. The Hall–Kier alpha value is -3.94. The minimum Gasteiger partial charge on any atom is -0.455 e. The number of para-hydroxylation sites is 3. The number of nitro groups is 1. The van der Waals surface area contributed by atoms with Gasteiger partial charge in [-0.3, -0.25) is 14.9 Å². The van der Waals surface area contributed by atoms with Crippen LogP contribution in [-0.4, -0.2) is 17.4 Å². The number of benzene rings is 3. The van der Waals surface area contributed by atoms with Crippen LogP contribution in [0.3, 0.4) is 0 Å². The summed E-state index contributed by atoms with van der Waals surface area (Å²) in [5.74, 6) is -0.233. The number of halogens is 1. The van der Waals surface area contributed by atoms with E-state index in [1.807, 2.05) is 18.2 Å². The zero-order valence-corrected chi connectivity index (χ0v) is 14.6. The van der Waals surface area contributed by atoms with Crippen molar-refractivity contribution in [2.75, 3.05) is 17.2 Å². The van der Waals surface area contributed by atoms with E-state index in [0.29, 0.717) is 17.2 Å². The van der Waals surface area contributed by atoms with Crippen LogP contribution in [0.1, 0.15) is 0 Å². The van der Waals surface area contributed by atoms with Gasteiger partial charge in [0.25, 0.3) is 0 Å². The molecule has 0 aliphatic heterocycles. The third-order valence-electron chi connectivity index (χ3n) is 3.73. The second-order valence-corrected chi connectivity index (χ2v) is 5.74. The number of nitrogens with one attached hydrogen (secondary N) is 2. The fourth-order valence-corrected chi connectivity index (χ4v) is 2.41. The summed E-state index contributed by atoms with van der Waals surface area (Å²) in [6.45, 7) is -0.164. The number of hydrogen-bond acceptors (Lipinski definition) is 5. The van der Waals surface area contributed by atoms with Crippen LogP contribution in [0, 0.1) is 15.9 Å². The molecule has 0 fully saturated rings. The first-order valence-electron chi connectivity index (χ1n) is 8.32. The molecule has 7 nitrogen and oxygen atoms in total. The Morgan fingerprint density at radius 1 is 1.04 bits per heavy atom. The Morgan fingerprint density at radius 3 is 2.50 bits per heavy atom. The molecule has 0 spiro atoms. The van der Waals surface area contributed by atoms with Gasteiger partial charge in [-0.05, 0) is 36.4 Å². The summed E-state index contributed by atoms with van der Waals surface area (Å²) >= 11 is 0. The third kappa shape index (κ3) is 4.82. The second-order valence-electron chi connectivity index (χ2n) is 5.74. The van der Waals surface area contributed by atoms with Gasteiger partial charge in [0.15, 0.2) is 5.75 Å². The molecule has 1 amide bonds. The molecule has 0 heterocycles. The maximum absolute atomic E-state index is 13.4. The Balaban J connectivity index is 1.64. The predicted octanol–water partition coefficient (Wildman–Crippen LogP) is 4.58. The number of rotatable bonds is 7. The topological polar surface area (TPSA) is 93.5 Å². The van der Waals surface area contributed by atoms with Crippen LogP contribution >= 0.6 is 0 Å². The molecule has 0 unspecified atom stereocenters. The number of carbonyl (C=O) groups excluding carboxylic acids is 1. The van der Waals surface area contributed by atoms with E-state index in [1.165, 1.54) is 6.07 Å². The summed E-state index contributed by atoms with van der Waals surface area (Å²) in [6, 6.07) is 19.4. The zero-order chi connectivity index (χ0) is 19.9. The van der Waals surface area contributed by atoms with E-state index in [-0.39, 0.29) is 12.2 Å². The van der Waals surface area contributed by atoms with Gasteiger partial charge in [-0.1, -0.05) is 30.3 Å². The molecular formula is C20H16FN3O4. The lowest BCUT2D eigenvalue weighted by atomic mass is 10.2. The number of carbonyl (C=O) groups is 1. The van der Waals surface area contributed by atoms with Crippen molar-refractivity contribution in [3.05, 3.63) is 88.7 Å². The highest BCUT2D eigenvalue weighted by Crippen LogP contribution is 2.29. The van der Waals surface area contributed by atoms with Crippen molar-refractivity contribution in [1.82, 2.24) is 0 Å². The lowest BCUT2D eigenvalue weighted by Gasteiger charge is -2.13. The van der Waals surface area contributed by atoms with E-state index >= 15 is 0 Å². The van der Waals surface area contributed by atoms with Crippen molar-refractivity contribution >= 4 is 23.0 Å². The Kier molecular flexibility index (Phi) is 5.81. The number of amides is 1. The Morgan fingerprint density at radius 2 is 1.75 bits per heavy atom. The number of nitro benzene ring substituents is 1. The van der Waals surface area contributed by atoms with Crippen molar-refractivity contribution in [2.24, 2.45) is 0 Å². The van der Waals surface area contributed by atoms with Gasteiger partial charge in [0.2, 0.25) is 11.7 Å². The summed E-state index contributed by atoms with van der Waals surface area (Å²) in [7, 11) is 0. The normalized spacial score (nSPS) is 10.2. The maximum atomic E-state index is 13.4. The fraction of sp³-hybridized carbons (Fsp3) is 0.0500. The average molecular weight is 381 g/mol. The second kappa shape index (κ2) is 8.63. The molecule has 142 valence electrons. The van der Waals surface area contributed by atoms with Gasteiger partial charge < -0.3 is 15.4 Å². The van der Waals surface area contributed by atoms with E-state index in [4.69, 9.17) is 4.74 Å². The van der Waals surface area contributed by atoms with Gasteiger partial charge in [-0.2, -0.15) is 4.39 Å². The molecule has 0 saturated carbocycles. The number of hydrogen-bond donors (Lipinski definition) is 2. The van der Waals surface area contributed by atoms with Gasteiger partial charge in [0, 0.05) is 11.8 Å². The quantitative estimate of drug-likeness (QED) is 0.462. The first kappa shape index (κ1) is 18.8. The average Bonchev–Trinajstić information content (AvgIpc) is 2.69. The molecule has 0 bridgehead atoms. The SMILES string of the molecule is O=C(CNc1ccc(F)c([N+](=O)[O-])c1)Nc1ccccc1Oc1ccccc1. The molecule has 28 heavy (non-hydrogen) atoms. The number of anilines is 2. The summed E-state index contributed by atoms with van der Waals surface area (Å²) in [6.07, 6.45) is 0. The first-order chi connectivity index (χ1) is 13.5.